The highest BCUT2D eigenvalue weighted by Crippen LogP contribution is 2.22. The number of ether oxygens (including phenoxy) is 1. The molecule has 0 aliphatic heterocycles. The van der Waals surface area contributed by atoms with Crippen molar-refractivity contribution >= 4 is 0 Å². The van der Waals surface area contributed by atoms with Crippen molar-refractivity contribution in [1.29, 1.82) is 0 Å². The Morgan fingerprint density at radius 1 is 1.39 bits per heavy atom. The van der Waals surface area contributed by atoms with Crippen molar-refractivity contribution in [3.8, 4) is 5.75 Å². The number of para-hydroxylation sites is 1. The van der Waals surface area contributed by atoms with Crippen LogP contribution in [-0.2, 0) is 0 Å². The van der Waals surface area contributed by atoms with E-state index in [1.54, 1.807) is 6.08 Å². The third-order valence-electron chi connectivity index (χ3n) is 2.86. The lowest BCUT2D eigenvalue weighted by molar-refractivity contribution is 0.104. The van der Waals surface area contributed by atoms with Gasteiger partial charge in [0.2, 0.25) is 0 Å². The zero-order valence-corrected chi connectivity index (χ0v) is 11.4. The van der Waals surface area contributed by atoms with E-state index in [4.69, 9.17) is 4.74 Å². The van der Waals surface area contributed by atoms with Crippen molar-refractivity contribution in [2.75, 3.05) is 13.2 Å². The van der Waals surface area contributed by atoms with Crippen LogP contribution in [-0.4, -0.2) is 30.4 Å². The monoisotopic (exact) mass is 249 g/mol. The first-order valence-electron chi connectivity index (χ1n) is 6.27. The van der Waals surface area contributed by atoms with Gasteiger partial charge >= 0.3 is 0 Å². The number of rotatable bonds is 7. The highest BCUT2D eigenvalue weighted by Gasteiger charge is 2.09. The van der Waals surface area contributed by atoms with E-state index in [-0.39, 0.29) is 6.04 Å². The summed E-state index contributed by atoms with van der Waals surface area (Å²) in [5, 5.41) is 13.0. The molecule has 0 saturated heterocycles. The van der Waals surface area contributed by atoms with Crippen LogP contribution in [0.5, 0.6) is 5.75 Å². The average molecular weight is 249 g/mol. The van der Waals surface area contributed by atoms with Crippen molar-refractivity contribution in [3.05, 3.63) is 42.0 Å². The van der Waals surface area contributed by atoms with Gasteiger partial charge in [0.1, 0.15) is 18.5 Å². The minimum Gasteiger partial charge on any atom is -0.490 e. The quantitative estimate of drug-likeness (QED) is 0.728. The molecule has 0 bridgehead atoms. The molecule has 3 nitrogen and oxygen atoms in total. The van der Waals surface area contributed by atoms with Crippen molar-refractivity contribution in [3.63, 3.8) is 0 Å². The second kappa shape index (κ2) is 7.19. The Bertz CT molecular complexity index is 370. The lowest BCUT2D eigenvalue weighted by atomic mass is 10.1. The third-order valence-corrected chi connectivity index (χ3v) is 2.86. The Balaban J connectivity index is 2.42. The smallest absolute Gasteiger partial charge is 0.125 e. The molecule has 0 radical (unpaired) electrons. The molecule has 0 fully saturated rings. The number of hydrogen-bond donors (Lipinski definition) is 2. The van der Waals surface area contributed by atoms with Crippen molar-refractivity contribution < 1.29 is 9.84 Å². The van der Waals surface area contributed by atoms with Crippen LogP contribution < -0.4 is 10.1 Å². The van der Waals surface area contributed by atoms with Gasteiger partial charge in [0.05, 0.1) is 0 Å². The van der Waals surface area contributed by atoms with Crippen molar-refractivity contribution in [2.45, 2.75) is 32.9 Å². The van der Waals surface area contributed by atoms with Gasteiger partial charge in [-0.3, -0.25) is 0 Å². The minimum atomic E-state index is -0.522. The Morgan fingerprint density at radius 2 is 2.00 bits per heavy atom. The molecule has 0 aromatic heterocycles. The topological polar surface area (TPSA) is 41.5 Å². The number of benzene rings is 1. The summed E-state index contributed by atoms with van der Waals surface area (Å²) in [6.45, 7) is 10.5. The van der Waals surface area contributed by atoms with Crippen LogP contribution in [0.3, 0.4) is 0 Å². The van der Waals surface area contributed by atoms with Crippen molar-refractivity contribution in [1.82, 2.24) is 5.32 Å². The Kier molecular flexibility index (Phi) is 5.89. The SMILES string of the molecule is C=CC(C)NCC(O)COc1c(C)cccc1C. The van der Waals surface area contributed by atoms with Crippen molar-refractivity contribution in [2.24, 2.45) is 0 Å². The molecule has 2 N–H and O–H groups in total. The number of hydrogen-bond acceptors (Lipinski definition) is 3. The van der Waals surface area contributed by atoms with E-state index < -0.39 is 6.10 Å². The normalized spacial score (nSPS) is 14.0. The fourth-order valence-corrected chi connectivity index (χ4v) is 1.67. The van der Waals surface area contributed by atoms with E-state index in [1.165, 1.54) is 0 Å². The zero-order valence-electron chi connectivity index (χ0n) is 11.4. The van der Waals surface area contributed by atoms with Gasteiger partial charge in [-0.2, -0.15) is 0 Å². The third kappa shape index (κ3) is 4.51. The Hall–Kier alpha value is -1.32. The maximum atomic E-state index is 9.81. The summed E-state index contributed by atoms with van der Waals surface area (Å²) in [5.41, 5.74) is 2.18. The van der Waals surface area contributed by atoms with E-state index in [9.17, 15) is 5.11 Å². The highest BCUT2D eigenvalue weighted by molar-refractivity contribution is 5.39. The number of nitrogens with one attached hydrogen (secondary N) is 1. The van der Waals surface area contributed by atoms with Crippen LogP contribution in [0.1, 0.15) is 18.1 Å². The van der Waals surface area contributed by atoms with Crippen LogP contribution >= 0.6 is 0 Å². The summed E-state index contributed by atoms with van der Waals surface area (Å²) in [6, 6.07) is 6.21. The van der Waals surface area contributed by atoms with E-state index in [2.05, 4.69) is 11.9 Å². The predicted molar refractivity (Wildman–Crippen MR) is 75.1 cm³/mol. The first-order valence-corrected chi connectivity index (χ1v) is 6.27. The number of aliphatic hydroxyl groups excluding tert-OH is 1. The van der Waals surface area contributed by atoms with E-state index in [0.717, 1.165) is 16.9 Å². The molecule has 2 atom stereocenters. The van der Waals surface area contributed by atoms with Crippen LogP contribution in [0.15, 0.2) is 30.9 Å². The fraction of sp³-hybridized carbons (Fsp3) is 0.467. The first-order chi connectivity index (χ1) is 8.54. The molecule has 3 heteroatoms. The highest BCUT2D eigenvalue weighted by atomic mass is 16.5. The standard InChI is InChI=1S/C15H23NO2/c1-5-13(4)16-9-14(17)10-18-15-11(2)7-6-8-12(15)3/h5-8,13-14,16-17H,1,9-10H2,2-4H3. The largest absolute Gasteiger partial charge is 0.490 e. The second-order valence-corrected chi connectivity index (χ2v) is 4.62. The number of aryl methyl sites for hydroxylation is 2. The molecular formula is C15H23NO2. The van der Waals surface area contributed by atoms with E-state index >= 15 is 0 Å². The number of aliphatic hydroxyl groups is 1. The summed E-state index contributed by atoms with van der Waals surface area (Å²) >= 11 is 0. The van der Waals surface area contributed by atoms with Gasteiger partial charge in [-0.1, -0.05) is 24.3 Å². The molecule has 0 heterocycles. The minimum absolute atomic E-state index is 0.194. The second-order valence-electron chi connectivity index (χ2n) is 4.62. The van der Waals surface area contributed by atoms with Gasteiger partial charge in [-0.25, -0.2) is 0 Å². The lowest BCUT2D eigenvalue weighted by Crippen LogP contribution is -2.35. The van der Waals surface area contributed by atoms with E-state index in [1.807, 2.05) is 39.0 Å². The van der Waals surface area contributed by atoms with Crippen LogP contribution in [0.25, 0.3) is 0 Å². The molecule has 1 aromatic carbocycles. The van der Waals surface area contributed by atoms with Crippen LogP contribution in [0.4, 0.5) is 0 Å². The fourth-order valence-electron chi connectivity index (χ4n) is 1.67. The molecule has 100 valence electrons. The van der Waals surface area contributed by atoms with Gasteiger partial charge in [0.15, 0.2) is 0 Å². The molecule has 0 saturated carbocycles. The van der Waals surface area contributed by atoms with Gasteiger partial charge in [-0.05, 0) is 31.9 Å². The van der Waals surface area contributed by atoms with Gasteiger partial charge in [-0.15, -0.1) is 6.58 Å². The Labute approximate surface area is 109 Å². The summed E-state index contributed by atoms with van der Waals surface area (Å²) in [5.74, 6) is 0.869. The molecular weight excluding hydrogens is 226 g/mol. The molecule has 0 aliphatic carbocycles. The van der Waals surface area contributed by atoms with Gasteiger partial charge in [0, 0.05) is 12.6 Å². The molecule has 0 amide bonds. The molecule has 18 heavy (non-hydrogen) atoms. The van der Waals surface area contributed by atoms with Gasteiger partial charge in [0.25, 0.3) is 0 Å². The molecule has 1 aromatic rings. The van der Waals surface area contributed by atoms with Gasteiger partial charge < -0.3 is 15.2 Å². The maximum Gasteiger partial charge on any atom is 0.125 e. The average Bonchev–Trinajstić information content (AvgIpc) is 2.35. The summed E-state index contributed by atoms with van der Waals surface area (Å²) in [4.78, 5) is 0. The molecule has 0 spiro atoms. The zero-order chi connectivity index (χ0) is 13.5. The predicted octanol–water partition coefficient (Wildman–Crippen LogP) is 2.21. The lowest BCUT2D eigenvalue weighted by Gasteiger charge is -2.17. The summed E-state index contributed by atoms with van der Waals surface area (Å²) in [7, 11) is 0. The first kappa shape index (κ1) is 14.7. The summed E-state index contributed by atoms with van der Waals surface area (Å²) in [6.07, 6.45) is 1.28. The summed E-state index contributed by atoms with van der Waals surface area (Å²) < 4.78 is 5.68. The van der Waals surface area contributed by atoms with Crippen LogP contribution in [0.2, 0.25) is 0 Å². The molecule has 2 unspecified atom stereocenters. The molecule has 0 aliphatic rings. The molecule has 1 rings (SSSR count). The van der Waals surface area contributed by atoms with Crippen LogP contribution in [0, 0.1) is 13.8 Å². The Morgan fingerprint density at radius 3 is 2.56 bits per heavy atom. The van der Waals surface area contributed by atoms with E-state index in [0.29, 0.717) is 13.2 Å². The maximum absolute atomic E-state index is 9.81.